The van der Waals surface area contributed by atoms with Gasteiger partial charge in [-0.05, 0) is 35.5 Å². The quantitative estimate of drug-likeness (QED) is 0.933. The molecule has 0 saturated carbocycles. The molecule has 5 heteroatoms. The van der Waals surface area contributed by atoms with Crippen molar-refractivity contribution in [2.45, 2.75) is 32.2 Å². The van der Waals surface area contributed by atoms with Gasteiger partial charge in [-0.15, -0.1) is 5.10 Å². The van der Waals surface area contributed by atoms with Gasteiger partial charge in [-0.1, -0.05) is 52.5 Å². The van der Waals surface area contributed by atoms with Crippen molar-refractivity contribution in [2.24, 2.45) is 5.73 Å². The van der Waals surface area contributed by atoms with Crippen LogP contribution < -0.4 is 5.73 Å². The molecule has 1 aromatic heterocycles. The smallest absolute Gasteiger partial charge is 0.0829 e. The monoisotopic (exact) mass is 325 g/mol. The second kappa shape index (κ2) is 5.91. The maximum Gasteiger partial charge on any atom is 0.0829 e. The third-order valence-corrected chi connectivity index (χ3v) is 4.47. The molecule has 0 aliphatic heterocycles. The Labute approximate surface area is 120 Å². The molecule has 1 atom stereocenters. The topological polar surface area (TPSA) is 51.8 Å². The van der Waals surface area contributed by atoms with E-state index in [1.54, 1.807) is 0 Å². The number of rotatable bonds is 4. The van der Waals surface area contributed by atoms with Crippen LogP contribution in [-0.4, -0.2) is 9.59 Å². The minimum Gasteiger partial charge on any atom is -0.323 e. The molecule has 96 valence electrons. The van der Waals surface area contributed by atoms with Crippen LogP contribution in [0, 0.1) is 0 Å². The van der Waals surface area contributed by atoms with E-state index in [1.165, 1.54) is 17.1 Å². The SMILES string of the molecule is CC(C)c1nnsc1C(N)Cc1ccccc1Br. The van der Waals surface area contributed by atoms with Crippen molar-refractivity contribution in [3.05, 3.63) is 44.9 Å². The third kappa shape index (κ3) is 2.96. The van der Waals surface area contributed by atoms with Crippen molar-refractivity contribution in [3.8, 4) is 0 Å². The van der Waals surface area contributed by atoms with E-state index >= 15 is 0 Å². The molecule has 2 aromatic rings. The van der Waals surface area contributed by atoms with E-state index in [9.17, 15) is 0 Å². The van der Waals surface area contributed by atoms with E-state index in [-0.39, 0.29) is 6.04 Å². The number of hydrogen-bond acceptors (Lipinski definition) is 4. The summed E-state index contributed by atoms with van der Waals surface area (Å²) in [6, 6.07) is 8.12. The molecule has 0 fully saturated rings. The van der Waals surface area contributed by atoms with E-state index in [4.69, 9.17) is 5.73 Å². The van der Waals surface area contributed by atoms with Gasteiger partial charge in [-0.2, -0.15) is 0 Å². The zero-order valence-corrected chi connectivity index (χ0v) is 12.8. The highest BCUT2D eigenvalue weighted by atomic mass is 79.9. The van der Waals surface area contributed by atoms with Gasteiger partial charge in [-0.25, -0.2) is 0 Å². The van der Waals surface area contributed by atoms with Crippen molar-refractivity contribution >= 4 is 27.5 Å². The Balaban J connectivity index is 2.20. The van der Waals surface area contributed by atoms with Crippen LogP contribution in [-0.2, 0) is 6.42 Å². The predicted molar refractivity (Wildman–Crippen MR) is 78.8 cm³/mol. The first-order valence-electron chi connectivity index (χ1n) is 5.90. The summed E-state index contributed by atoms with van der Waals surface area (Å²) in [5.41, 5.74) is 8.53. The van der Waals surface area contributed by atoms with Crippen LogP contribution in [0.4, 0.5) is 0 Å². The molecule has 1 unspecified atom stereocenters. The highest BCUT2D eigenvalue weighted by Crippen LogP contribution is 2.28. The molecule has 1 heterocycles. The molecular weight excluding hydrogens is 310 g/mol. The summed E-state index contributed by atoms with van der Waals surface area (Å²) in [7, 11) is 0. The summed E-state index contributed by atoms with van der Waals surface area (Å²) in [4.78, 5) is 1.10. The third-order valence-electron chi connectivity index (χ3n) is 2.82. The lowest BCUT2D eigenvalue weighted by molar-refractivity contribution is 0.699. The maximum atomic E-state index is 6.29. The van der Waals surface area contributed by atoms with E-state index in [1.807, 2.05) is 18.2 Å². The van der Waals surface area contributed by atoms with Crippen molar-refractivity contribution in [1.29, 1.82) is 0 Å². The van der Waals surface area contributed by atoms with Crippen LogP contribution >= 0.6 is 27.5 Å². The molecule has 0 saturated heterocycles. The number of nitrogens with two attached hydrogens (primary N) is 1. The zero-order chi connectivity index (χ0) is 13.1. The van der Waals surface area contributed by atoms with Crippen molar-refractivity contribution in [2.75, 3.05) is 0 Å². The largest absolute Gasteiger partial charge is 0.323 e. The number of aromatic nitrogens is 2. The lowest BCUT2D eigenvalue weighted by atomic mass is 10.0. The second-order valence-corrected chi connectivity index (χ2v) is 6.22. The van der Waals surface area contributed by atoms with Gasteiger partial charge in [-0.3, -0.25) is 0 Å². The lowest BCUT2D eigenvalue weighted by Gasteiger charge is -2.13. The standard InChI is InChI=1S/C13H16BrN3S/c1-8(2)12-13(18-17-16-12)11(15)7-9-5-3-4-6-10(9)14/h3-6,8,11H,7,15H2,1-2H3. The van der Waals surface area contributed by atoms with Crippen LogP contribution in [0.25, 0.3) is 0 Å². The number of nitrogens with zero attached hydrogens (tertiary/aromatic N) is 2. The van der Waals surface area contributed by atoms with Crippen molar-refractivity contribution in [1.82, 2.24) is 9.59 Å². The van der Waals surface area contributed by atoms with Gasteiger partial charge in [0.25, 0.3) is 0 Å². The van der Waals surface area contributed by atoms with Gasteiger partial charge >= 0.3 is 0 Å². The van der Waals surface area contributed by atoms with Crippen LogP contribution in [0.5, 0.6) is 0 Å². The molecule has 18 heavy (non-hydrogen) atoms. The second-order valence-electron chi connectivity index (χ2n) is 4.58. The van der Waals surface area contributed by atoms with Gasteiger partial charge in [0.1, 0.15) is 0 Å². The van der Waals surface area contributed by atoms with Gasteiger partial charge in [0.05, 0.1) is 10.6 Å². The van der Waals surface area contributed by atoms with Crippen LogP contribution in [0.1, 0.15) is 41.9 Å². The molecule has 0 radical (unpaired) electrons. The fourth-order valence-corrected chi connectivity index (χ4v) is 3.11. The van der Waals surface area contributed by atoms with E-state index < -0.39 is 0 Å². The molecule has 3 nitrogen and oxygen atoms in total. The highest BCUT2D eigenvalue weighted by molar-refractivity contribution is 9.10. The summed E-state index contributed by atoms with van der Waals surface area (Å²) < 4.78 is 5.13. The van der Waals surface area contributed by atoms with Crippen LogP contribution in [0.3, 0.4) is 0 Å². The van der Waals surface area contributed by atoms with E-state index in [2.05, 4.69) is 45.4 Å². The molecule has 0 spiro atoms. The summed E-state index contributed by atoms with van der Waals surface area (Å²) in [6.45, 7) is 4.23. The average molecular weight is 326 g/mol. The Bertz CT molecular complexity index is 524. The summed E-state index contributed by atoms with van der Waals surface area (Å²) in [6.07, 6.45) is 0.797. The summed E-state index contributed by atoms with van der Waals surface area (Å²) in [5, 5.41) is 4.18. The number of hydrogen-bond donors (Lipinski definition) is 1. The summed E-state index contributed by atoms with van der Waals surface area (Å²) >= 11 is 4.96. The first-order valence-corrected chi connectivity index (χ1v) is 7.47. The lowest BCUT2D eigenvalue weighted by Crippen LogP contribution is -2.14. The van der Waals surface area contributed by atoms with Gasteiger partial charge in [0.15, 0.2) is 0 Å². The average Bonchev–Trinajstić information content (AvgIpc) is 2.81. The number of benzene rings is 1. The Morgan fingerprint density at radius 1 is 1.33 bits per heavy atom. The van der Waals surface area contributed by atoms with E-state index in [0.717, 1.165) is 21.5 Å². The first-order chi connectivity index (χ1) is 8.59. The Morgan fingerprint density at radius 2 is 2.06 bits per heavy atom. The van der Waals surface area contributed by atoms with Gasteiger partial charge < -0.3 is 5.73 Å². The number of halogens is 1. The Hall–Kier alpha value is -0.780. The van der Waals surface area contributed by atoms with Crippen LogP contribution in [0.2, 0.25) is 0 Å². The highest BCUT2D eigenvalue weighted by Gasteiger charge is 2.18. The molecule has 0 aliphatic carbocycles. The summed E-state index contributed by atoms with van der Waals surface area (Å²) in [5.74, 6) is 0.365. The fraction of sp³-hybridized carbons (Fsp3) is 0.385. The molecule has 1 aromatic carbocycles. The molecular formula is C13H16BrN3S. The van der Waals surface area contributed by atoms with Gasteiger partial charge in [0.2, 0.25) is 0 Å². The normalized spacial score (nSPS) is 12.9. The van der Waals surface area contributed by atoms with Crippen molar-refractivity contribution < 1.29 is 0 Å². The Kier molecular flexibility index (Phi) is 4.48. The Morgan fingerprint density at radius 3 is 2.72 bits per heavy atom. The molecule has 0 amide bonds. The molecule has 2 rings (SSSR count). The predicted octanol–water partition coefficient (Wildman–Crippen LogP) is 3.67. The minimum absolute atomic E-state index is 0.0406. The minimum atomic E-state index is -0.0406. The zero-order valence-electron chi connectivity index (χ0n) is 10.4. The van der Waals surface area contributed by atoms with Crippen LogP contribution in [0.15, 0.2) is 28.7 Å². The maximum absolute atomic E-state index is 6.29. The molecule has 2 N–H and O–H groups in total. The van der Waals surface area contributed by atoms with E-state index in [0.29, 0.717) is 5.92 Å². The first kappa shape index (κ1) is 13.6. The fourth-order valence-electron chi connectivity index (χ4n) is 1.86. The molecule has 0 bridgehead atoms. The van der Waals surface area contributed by atoms with Crippen molar-refractivity contribution in [3.63, 3.8) is 0 Å². The van der Waals surface area contributed by atoms with Gasteiger partial charge in [0, 0.05) is 10.5 Å². The molecule has 0 aliphatic rings.